The fourth-order valence-corrected chi connectivity index (χ4v) is 4.09. The fourth-order valence-electron chi connectivity index (χ4n) is 2.38. The summed E-state index contributed by atoms with van der Waals surface area (Å²) in [7, 11) is -2.42. The third-order valence-corrected chi connectivity index (χ3v) is 6.33. The third-order valence-electron chi connectivity index (χ3n) is 3.92. The van der Waals surface area contributed by atoms with Gasteiger partial charge in [0.1, 0.15) is 5.82 Å². The van der Waals surface area contributed by atoms with E-state index in [2.05, 4.69) is 19.7 Å². The average Bonchev–Trinajstić information content (AvgIpc) is 3.12. The van der Waals surface area contributed by atoms with Crippen LogP contribution in [0.4, 0.5) is 10.1 Å². The molecular formula is C17H18FN5O2S2. The highest BCUT2D eigenvalue weighted by Gasteiger charge is 2.22. The Balaban J connectivity index is 2.05. The maximum absolute atomic E-state index is 15.1. The van der Waals surface area contributed by atoms with Gasteiger partial charge in [0.05, 0.1) is 27.5 Å². The second kappa shape index (κ2) is 7.67. The smallest absolute Gasteiger partial charge is 0.268 e. The molecule has 3 aromatic rings. The molecule has 27 heavy (non-hydrogen) atoms. The first-order chi connectivity index (χ1) is 12.8. The predicted molar refractivity (Wildman–Crippen MR) is 104 cm³/mol. The molecule has 0 aliphatic rings. The van der Waals surface area contributed by atoms with Gasteiger partial charge in [-0.3, -0.25) is 4.72 Å². The Kier molecular flexibility index (Phi) is 5.49. The van der Waals surface area contributed by atoms with Crippen LogP contribution in [0.2, 0.25) is 0 Å². The van der Waals surface area contributed by atoms with Crippen molar-refractivity contribution in [3.05, 3.63) is 47.6 Å². The van der Waals surface area contributed by atoms with Gasteiger partial charge in [0.15, 0.2) is 5.82 Å². The highest BCUT2D eigenvalue weighted by atomic mass is 32.2. The SMILES string of the molecule is CCN(C)S(=O)(=O)Nc1cccc(-c2ncsc2-c2ccnc(C)n2)c1F. The largest absolute Gasteiger partial charge is 0.301 e. The Labute approximate surface area is 161 Å². The molecule has 0 aliphatic carbocycles. The van der Waals surface area contributed by atoms with Crippen LogP contribution in [0.5, 0.6) is 0 Å². The number of rotatable bonds is 6. The lowest BCUT2D eigenvalue weighted by Gasteiger charge is -2.17. The molecule has 7 nitrogen and oxygen atoms in total. The summed E-state index contributed by atoms with van der Waals surface area (Å²) in [4.78, 5) is 13.4. The second-order valence-corrected chi connectivity index (χ2v) is 8.34. The van der Waals surface area contributed by atoms with Gasteiger partial charge in [-0.1, -0.05) is 13.0 Å². The zero-order valence-corrected chi connectivity index (χ0v) is 16.6. The quantitative estimate of drug-likeness (QED) is 0.677. The van der Waals surface area contributed by atoms with E-state index in [1.165, 1.54) is 24.5 Å². The maximum atomic E-state index is 15.1. The predicted octanol–water partition coefficient (Wildman–Crippen LogP) is 3.32. The van der Waals surface area contributed by atoms with Crippen LogP contribution in [0.1, 0.15) is 12.7 Å². The van der Waals surface area contributed by atoms with E-state index < -0.39 is 16.0 Å². The molecule has 2 heterocycles. The van der Waals surface area contributed by atoms with Gasteiger partial charge in [0.25, 0.3) is 0 Å². The van der Waals surface area contributed by atoms with E-state index in [4.69, 9.17) is 0 Å². The molecular weight excluding hydrogens is 389 g/mol. The summed E-state index contributed by atoms with van der Waals surface area (Å²) in [6.45, 7) is 3.72. The lowest BCUT2D eigenvalue weighted by molar-refractivity contribution is 0.491. The highest BCUT2D eigenvalue weighted by molar-refractivity contribution is 7.90. The van der Waals surface area contributed by atoms with Gasteiger partial charge in [-0.25, -0.2) is 19.3 Å². The van der Waals surface area contributed by atoms with Gasteiger partial charge in [-0.15, -0.1) is 11.3 Å². The normalized spacial score (nSPS) is 11.7. The van der Waals surface area contributed by atoms with E-state index in [0.29, 0.717) is 22.1 Å². The van der Waals surface area contributed by atoms with E-state index in [-0.39, 0.29) is 17.8 Å². The van der Waals surface area contributed by atoms with Crippen molar-refractivity contribution in [3.8, 4) is 21.8 Å². The molecule has 1 aromatic carbocycles. The molecule has 0 aliphatic heterocycles. The van der Waals surface area contributed by atoms with Crippen molar-refractivity contribution < 1.29 is 12.8 Å². The molecule has 0 radical (unpaired) electrons. The number of hydrogen-bond acceptors (Lipinski definition) is 6. The number of aryl methyl sites for hydroxylation is 1. The van der Waals surface area contributed by atoms with E-state index in [1.807, 2.05) is 0 Å². The number of nitrogens with zero attached hydrogens (tertiary/aromatic N) is 4. The summed E-state index contributed by atoms with van der Waals surface area (Å²) in [5.74, 6) is -0.0973. The molecule has 0 saturated carbocycles. The summed E-state index contributed by atoms with van der Waals surface area (Å²) in [6.07, 6.45) is 1.63. The van der Waals surface area contributed by atoms with E-state index in [0.717, 1.165) is 4.31 Å². The number of halogens is 1. The number of anilines is 1. The minimum absolute atomic E-state index is 0.134. The highest BCUT2D eigenvalue weighted by Crippen LogP contribution is 2.36. The fraction of sp³-hybridized carbons (Fsp3) is 0.235. The monoisotopic (exact) mass is 407 g/mol. The Morgan fingerprint density at radius 3 is 2.74 bits per heavy atom. The number of hydrogen-bond donors (Lipinski definition) is 1. The van der Waals surface area contributed by atoms with E-state index >= 15 is 4.39 Å². The van der Waals surface area contributed by atoms with Crippen molar-refractivity contribution in [2.75, 3.05) is 18.3 Å². The second-order valence-electron chi connectivity index (χ2n) is 5.71. The molecule has 3 rings (SSSR count). The number of aromatic nitrogens is 3. The van der Waals surface area contributed by atoms with Crippen LogP contribution >= 0.6 is 11.3 Å². The average molecular weight is 407 g/mol. The summed E-state index contributed by atoms with van der Waals surface area (Å²) >= 11 is 1.33. The van der Waals surface area contributed by atoms with Crippen LogP contribution in [-0.4, -0.2) is 41.3 Å². The molecule has 10 heteroatoms. The van der Waals surface area contributed by atoms with E-state index in [1.54, 1.807) is 43.8 Å². The molecule has 0 fully saturated rings. The molecule has 0 amide bonds. The van der Waals surface area contributed by atoms with Crippen LogP contribution in [-0.2, 0) is 10.2 Å². The van der Waals surface area contributed by atoms with Crippen LogP contribution in [0.15, 0.2) is 36.0 Å². The molecule has 142 valence electrons. The summed E-state index contributed by atoms with van der Waals surface area (Å²) in [5, 5.41) is 0. The lowest BCUT2D eigenvalue weighted by Crippen LogP contribution is -2.32. The summed E-state index contributed by atoms with van der Waals surface area (Å²) < 4.78 is 42.9. The van der Waals surface area contributed by atoms with Crippen molar-refractivity contribution in [3.63, 3.8) is 0 Å². The number of benzene rings is 1. The van der Waals surface area contributed by atoms with Crippen molar-refractivity contribution in [1.82, 2.24) is 19.3 Å². The third kappa shape index (κ3) is 3.97. The first kappa shape index (κ1) is 19.3. The first-order valence-corrected chi connectivity index (χ1v) is 10.4. The molecule has 0 spiro atoms. The minimum Gasteiger partial charge on any atom is -0.268 e. The lowest BCUT2D eigenvalue weighted by atomic mass is 10.1. The van der Waals surface area contributed by atoms with Crippen LogP contribution in [0, 0.1) is 12.7 Å². The Bertz CT molecular complexity index is 1070. The van der Waals surface area contributed by atoms with E-state index in [9.17, 15) is 8.42 Å². The zero-order valence-electron chi connectivity index (χ0n) is 15.0. The Morgan fingerprint density at radius 2 is 2.04 bits per heavy atom. The first-order valence-electron chi connectivity index (χ1n) is 8.10. The van der Waals surface area contributed by atoms with Crippen LogP contribution in [0.25, 0.3) is 21.8 Å². The van der Waals surface area contributed by atoms with Crippen molar-refractivity contribution in [1.29, 1.82) is 0 Å². The molecule has 0 saturated heterocycles. The standard InChI is InChI=1S/C17H18FN5O2S2/c1-4-23(3)27(24,25)22-13-7-5-6-12(15(13)18)16-17(26-10-20-16)14-8-9-19-11(2)21-14/h5-10,22H,4H2,1-3H3. The van der Waals surface area contributed by atoms with Gasteiger partial charge in [-0.2, -0.15) is 12.7 Å². The molecule has 1 N–H and O–H groups in total. The molecule has 0 bridgehead atoms. The van der Waals surface area contributed by atoms with Crippen molar-refractivity contribution >= 4 is 27.2 Å². The van der Waals surface area contributed by atoms with Crippen LogP contribution < -0.4 is 4.72 Å². The summed E-state index contributed by atoms with van der Waals surface area (Å²) in [5.41, 5.74) is 2.70. The topological polar surface area (TPSA) is 88.1 Å². The molecule has 0 atom stereocenters. The van der Waals surface area contributed by atoms with Gasteiger partial charge in [0, 0.05) is 25.4 Å². The maximum Gasteiger partial charge on any atom is 0.301 e. The molecule has 0 unspecified atom stereocenters. The van der Waals surface area contributed by atoms with Crippen molar-refractivity contribution in [2.45, 2.75) is 13.8 Å². The van der Waals surface area contributed by atoms with Crippen molar-refractivity contribution in [2.24, 2.45) is 0 Å². The van der Waals surface area contributed by atoms with Gasteiger partial charge in [0.2, 0.25) is 0 Å². The zero-order chi connectivity index (χ0) is 19.6. The van der Waals surface area contributed by atoms with Crippen LogP contribution in [0.3, 0.4) is 0 Å². The minimum atomic E-state index is -3.83. The van der Waals surface area contributed by atoms with Gasteiger partial charge in [-0.05, 0) is 25.1 Å². The Morgan fingerprint density at radius 1 is 1.26 bits per heavy atom. The Hall–Kier alpha value is -2.43. The van der Waals surface area contributed by atoms with Gasteiger partial charge < -0.3 is 0 Å². The number of thiazole rings is 1. The molecule has 2 aromatic heterocycles. The summed E-state index contributed by atoms with van der Waals surface area (Å²) in [6, 6.07) is 6.24. The number of nitrogens with one attached hydrogen (secondary N) is 1. The van der Waals surface area contributed by atoms with Gasteiger partial charge >= 0.3 is 10.2 Å².